The topological polar surface area (TPSA) is 87.9 Å². The highest BCUT2D eigenvalue weighted by Gasteiger charge is 2.15. The van der Waals surface area contributed by atoms with Crippen LogP contribution in [-0.4, -0.2) is 25.1 Å². The molecule has 0 radical (unpaired) electrons. The average molecular weight is 267 g/mol. The number of esters is 1. The van der Waals surface area contributed by atoms with E-state index in [0.717, 1.165) is 6.20 Å². The number of carbonyl (C=O) groups is 1. The molecule has 0 heterocycles. The highest BCUT2D eigenvalue weighted by atomic mass is 16.6. The maximum Gasteiger partial charge on any atom is 0.308 e. The van der Waals surface area contributed by atoms with Crippen molar-refractivity contribution in [3.05, 3.63) is 34.0 Å². The Morgan fingerprint density at radius 1 is 1.26 bits per heavy atom. The highest BCUT2D eigenvalue weighted by molar-refractivity contribution is 5.73. The SMILES string of the molecule is COc1cc(/C=C/[N+](=O)[O-])cc(OC)c1OC(C)=O. The third-order valence-corrected chi connectivity index (χ3v) is 2.12. The van der Waals surface area contributed by atoms with E-state index in [9.17, 15) is 14.9 Å². The molecule has 0 unspecified atom stereocenters. The van der Waals surface area contributed by atoms with Crippen molar-refractivity contribution in [2.24, 2.45) is 0 Å². The van der Waals surface area contributed by atoms with Gasteiger partial charge in [-0.25, -0.2) is 0 Å². The molecule has 1 aromatic rings. The van der Waals surface area contributed by atoms with Gasteiger partial charge in [-0.2, -0.15) is 0 Å². The van der Waals surface area contributed by atoms with Crippen LogP contribution in [0.25, 0.3) is 6.08 Å². The van der Waals surface area contributed by atoms with Crippen LogP contribution in [0.3, 0.4) is 0 Å². The lowest BCUT2D eigenvalue weighted by molar-refractivity contribution is -0.400. The average Bonchev–Trinajstić information content (AvgIpc) is 2.36. The van der Waals surface area contributed by atoms with Gasteiger partial charge in [-0.1, -0.05) is 0 Å². The van der Waals surface area contributed by atoms with E-state index in [2.05, 4.69) is 0 Å². The summed E-state index contributed by atoms with van der Waals surface area (Å²) in [5, 5.41) is 10.3. The lowest BCUT2D eigenvalue weighted by Crippen LogP contribution is -2.05. The molecule has 0 bridgehead atoms. The number of nitrogens with zero attached hydrogens (tertiary/aromatic N) is 1. The van der Waals surface area contributed by atoms with Gasteiger partial charge in [-0.3, -0.25) is 14.9 Å². The molecule has 19 heavy (non-hydrogen) atoms. The lowest BCUT2D eigenvalue weighted by Gasteiger charge is -2.13. The Morgan fingerprint density at radius 3 is 2.16 bits per heavy atom. The van der Waals surface area contributed by atoms with Gasteiger partial charge in [-0.15, -0.1) is 0 Å². The fraction of sp³-hybridized carbons (Fsp3) is 0.250. The van der Waals surface area contributed by atoms with Crippen LogP contribution in [0.2, 0.25) is 0 Å². The maximum atomic E-state index is 11.0. The summed E-state index contributed by atoms with van der Waals surface area (Å²) >= 11 is 0. The minimum Gasteiger partial charge on any atom is -0.493 e. The Balaban J connectivity index is 3.26. The van der Waals surface area contributed by atoms with Crippen LogP contribution in [0.1, 0.15) is 12.5 Å². The molecule has 0 spiro atoms. The van der Waals surface area contributed by atoms with Crippen molar-refractivity contribution in [3.8, 4) is 17.2 Å². The predicted molar refractivity (Wildman–Crippen MR) is 66.9 cm³/mol. The van der Waals surface area contributed by atoms with E-state index in [1.54, 1.807) is 0 Å². The second-order valence-electron chi connectivity index (χ2n) is 3.45. The summed E-state index contributed by atoms with van der Waals surface area (Å²) in [7, 11) is 2.78. The van der Waals surface area contributed by atoms with E-state index in [1.807, 2.05) is 0 Å². The lowest BCUT2D eigenvalue weighted by atomic mass is 10.2. The molecule has 0 aromatic heterocycles. The molecule has 0 fully saturated rings. The maximum absolute atomic E-state index is 11.0. The number of rotatable bonds is 5. The Labute approximate surface area is 109 Å². The Hall–Kier alpha value is -2.57. The normalized spacial score (nSPS) is 10.3. The Kier molecular flexibility index (Phi) is 4.87. The van der Waals surface area contributed by atoms with Gasteiger partial charge in [0.25, 0.3) is 0 Å². The zero-order chi connectivity index (χ0) is 14.4. The number of nitro groups is 1. The van der Waals surface area contributed by atoms with Gasteiger partial charge in [-0.05, 0) is 17.7 Å². The minimum absolute atomic E-state index is 0.135. The second kappa shape index (κ2) is 6.39. The number of hydrogen-bond acceptors (Lipinski definition) is 6. The fourth-order valence-corrected chi connectivity index (χ4v) is 1.39. The van der Waals surface area contributed by atoms with Gasteiger partial charge in [0, 0.05) is 13.0 Å². The summed E-state index contributed by atoms with van der Waals surface area (Å²) in [6.07, 6.45) is 2.07. The molecule has 0 aliphatic carbocycles. The first-order valence-electron chi connectivity index (χ1n) is 5.24. The smallest absolute Gasteiger partial charge is 0.308 e. The number of ether oxygens (including phenoxy) is 3. The van der Waals surface area contributed by atoms with Crippen molar-refractivity contribution in [1.82, 2.24) is 0 Å². The van der Waals surface area contributed by atoms with Crippen LogP contribution in [0.15, 0.2) is 18.3 Å². The van der Waals surface area contributed by atoms with Crippen LogP contribution in [-0.2, 0) is 4.79 Å². The summed E-state index contributed by atoms with van der Waals surface area (Å²) < 4.78 is 15.1. The monoisotopic (exact) mass is 267 g/mol. The van der Waals surface area contributed by atoms with Crippen molar-refractivity contribution in [1.29, 1.82) is 0 Å². The molecular formula is C12H13NO6. The van der Waals surface area contributed by atoms with Crippen LogP contribution >= 0.6 is 0 Å². The van der Waals surface area contributed by atoms with E-state index in [-0.39, 0.29) is 17.2 Å². The molecule has 7 nitrogen and oxygen atoms in total. The van der Waals surface area contributed by atoms with Gasteiger partial charge in [0.2, 0.25) is 11.9 Å². The fourth-order valence-electron chi connectivity index (χ4n) is 1.39. The van der Waals surface area contributed by atoms with Crippen LogP contribution in [0, 0.1) is 10.1 Å². The Bertz CT molecular complexity index is 498. The van der Waals surface area contributed by atoms with E-state index >= 15 is 0 Å². The van der Waals surface area contributed by atoms with E-state index in [4.69, 9.17) is 14.2 Å². The molecule has 0 atom stereocenters. The Morgan fingerprint density at radius 2 is 1.79 bits per heavy atom. The van der Waals surface area contributed by atoms with Gasteiger partial charge in [0.1, 0.15) is 0 Å². The van der Waals surface area contributed by atoms with Crippen molar-refractivity contribution in [3.63, 3.8) is 0 Å². The first-order valence-corrected chi connectivity index (χ1v) is 5.24. The minimum atomic E-state index is -0.584. The number of methoxy groups -OCH3 is 2. The van der Waals surface area contributed by atoms with Crippen molar-refractivity contribution >= 4 is 12.0 Å². The first kappa shape index (κ1) is 14.5. The van der Waals surface area contributed by atoms with Crippen molar-refractivity contribution < 1.29 is 23.9 Å². The van der Waals surface area contributed by atoms with Crippen molar-refractivity contribution in [2.45, 2.75) is 6.92 Å². The van der Waals surface area contributed by atoms with Gasteiger partial charge >= 0.3 is 5.97 Å². The second-order valence-corrected chi connectivity index (χ2v) is 3.45. The molecule has 0 saturated carbocycles. The molecule has 1 aromatic carbocycles. The summed E-state index contributed by atoms with van der Waals surface area (Å²) in [6.45, 7) is 1.25. The summed E-state index contributed by atoms with van der Waals surface area (Å²) in [5.41, 5.74) is 0.487. The molecule has 1 rings (SSSR count). The highest BCUT2D eigenvalue weighted by Crippen LogP contribution is 2.38. The molecular weight excluding hydrogens is 254 g/mol. The molecule has 0 saturated heterocycles. The third-order valence-electron chi connectivity index (χ3n) is 2.12. The van der Waals surface area contributed by atoms with E-state index < -0.39 is 10.9 Å². The van der Waals surface area contributed by atoms with Gasteiger partial charge < -0.3 is 14.2 Å². The molecule has 0 aliphatic heterocycles. The van der Waals surface area contributed by atoms with Crippen molar-refractivity contribution in [2.75, 3.05) is 14.2 Å². The van der Waals surface area contributed by atoms with E-state index in [1.165, 1.54) is 39.4 Å². The molecule has 0 amide bonds. The number of hydrogen-bond donors (Lipinski definition) is 0. The predicted octanol–water partition coefficient (Wildman–Crippen LogP) is 1.88. The summed E-state index contributed by atoms with van der Waals surface area (Å²) in [5.74, 6) is 0.107. The molecule has 102 valence electrons. The van der Waals surface area contributed by atoms with E-state index in [0.29, 0.717) is 5.56 Å². The van der Waals surface area contributed by atoms with Gasteiger partial charge in [0.15, 0.2) is 11.5 Å². The largest absolute Gasteiger partial charge is 0.493 e. The van der Waals surface area contributed by atoms with Crippen LogP contribution in [0.5, 0.6) is 17.2 Å². The standard InChI is InChI=1S/C12H13NO6/c1-8(14)19-12-10(17-2)6-9(4-5-13(15)16)7-11(12)18-3/h4-7H,1-3H3/b5-4+. The zero-order valence-electron chi connectivity index (χ0n) is 10.7. The molecule has 0 N–H and O–H groups in total. The first-order chi connectivity index (χ1) is 8.97. The molecule has 0 aliphatic rings. The summed E-state index contributed by atoms with van der Waals surface area (Å²) in [4.78, 5) is 20.7. The number of benzene rings is 1. The van der Waals surface area contributed by atoms with Crippen LogP contribution < -0.4 is 14.2 Å². The zero-order valence-corrected chi connectivity index (χ0v) is 10.7. The number of carbonyl (C=O) groups excluding carboxylic acids is 1. The quantitative estimate of drug-likeness (QED) is 0.350. The summed E-state index contributed by atoms with van der Waals surface area (Å²) in [6, 6.07) is 3.00. The molecule has 7 heteroatoms. The third kappa shape index (κ3) is 3.98. The van der Waals surface area contributed by atoms with Crippen LogP contribution in [0.4, 0.5) is 0 Å². The van der Waals surface area contributed by atoms with Gasteiger partial charge in [0.05, 0.1) is 19.1 Å².